The van der Waals surface area contributed by atoms with Gasteiger partial charge in [0.25, 0.3) is 5.69 Å². The van der Waals surface area contributed by atoms with Crippen molar-refractivity contribution >= 4 is 34.6 Å². The standard InChI is InChI=1S/C22H22ClN3O3/c1-12(2)22(27)24-14-7-9-19-17(11-14)15-4-3-5-16(15)21(25-19)13-6-8-18(23)20(10-13)26(28)29/h3-4,6-12,15-16,21,25H,5H2,1-2H3,(H,24,27). The molecule has 2 N–H and O–H groups in total. The molecule has 1 heterocycles. The number of amides is 1. The fraction of sp³-hybridized carbons (Fsp3) is 0.318. The van der Waals surface area contributed by atoms with Gasteiger partial charge in [0.15, 0.2) is 0 Å². The van der Waals surface area contributed by atoms with Gasteiger partial charge in [0.1, 0.15) is 5.02 Å². The third kappa shape index (κ3) is 3.60. The summed E-state index contributed by atoms with van der Waals surface area (Å²) in [5.74, 6) is 0.313. The van der Waals surface area contributed by atoms with Gasteiger partial charge in [-0.05, 0) is 47.7 Å². The highest BCUT2D eigenvalue weighted by molar-refractivity contribution is 6.32. The van der Waals surface area contributed by atoms with Crippen LogP contribution in [0.2, 0.25) is 5.02 Å². The quantitative estimate of drug-likeness (QED) is 0.385. The number of nitrogens with zero attached hydrogens (tertiary/aromatic N) is 1. The zero-order valence-corrected chi connectivity index (χ0v) is 16.9. The van der Waals surface area contributed by atoms with Gasteiger partial charge in [-0.2, -0.15) is 0 Å². The van der Waals surface area contributed by atoms with Crippen LogP contribution in [0.4, 0.5) is 17.1 Å². The molecule has 6 nitrogen and oxygen atoms in total. The first-order valence-electron chi connectivity index (χ1n) is 9.67. The lowest BCUT2D eigenvalue weighted by Gasteiger charge is -2.37. The molecule has 150 valence electrons. The van der Waals surface area contributed by atoms with Crippen LogP contribution in [0.25, 0.3) is 0 Å². The van der Waals surface area contributed by atoms with Crippen LogP contribution in [-0.4, -0.2) is 10.8 Å². The number of rotatable bonds is 4. The van der Waals surface area contributed by atoms with Crippen molar-refractivity contribution < 1.29 is 9.72 Å². The molecular weight excluding hydrogens is 390 g/mol. The number of halogens is 1. The first kappa shape index (κ1) is 19.5. The topological polar surface area (TPSA) is 84.3 Å². The monoisotopic (exact) mass is 411 g/mol. The summed E-state index contributed by atoms with van der Waals surface area (Å²) in [6.45, 7) is 3.72. The van der Waals surface area contributed by atoms with E-state index in [2.05, 4.69) is 22.8 Å². The van der Waals surface area contributed by atoms with Gasteiger partial charge >= 0.3 is 0 Å². The molecule has 3 atom stereocenters. The van der Waals surface area contributed by atoms with Crippen LogP contribution in [-0.2, 0) is 4.79 Å². The molecule has 1 amide bonds. The summed E-state index contributed by atoms with van der Waals surface area (Å²) in [6, 6.07) is 10.8. The van der Waals surface area contributed by atoms with E-state index < -0.39 is 4.92 Å². The summed E-state index contributed by atoms with van der Waals surface area (Å²) in [5.41, 5.74) is 3.66. The van der Waals surface area contributed by atoms with E-state index in [-0.39, 0.29) is 40.4 Å². The van der Waals surface area contributed by atoms with E-state index in [1.165, 1.54) is 0 Å². The highest BCUT2D eigenvalue weighted by atomic mass is 35.5. The van der Waals surface area contributed by atoms with Crippen molar-refractivity contribution in [3.05, 3.63) is 74.8 Å². The minimum Gasteiger partial charge on any atom is -0.378 e. The fourth-order valence-corrected chi connectivity index (χ4v) is 4.34. The van der Waals surface area contributed by atoms with E-state index >= 15 is 0 Å². The molecule has 2 aromatic rings. The van der Waals surface area contributed by atoms with Crippen molar-refractivity contribution in [1.82, 2.24) is 0 Å². The lowest BCUT2D eigenvalue weighted by molar-refractivity contribution is -0.384. The number of benzene rings is 2. The molecule has 2 aliphatic rings. The third-order valence-electron chi connectivity index (χ3n) is 5.68. The maximum atomic E-state index is 12.1. The highest BCUT2D eigenvalue weighted by Crippen LogP contribution is 2.50. The minimum absolute atomic E-state index is 0.0152. The molecule has 2 aromatic carbocycles. The van der Waals surface area contributed by atoms with Crippen molar-refractivity contribution in [1.29, 1.82) is 0 Å². The zero-order chi connectivity index (χ0) is 20.7. The molecule has 1 aliphatic heterocycles. The van der Waals surface area contributed by atoms with Gasteiger partial charge in [0, 0.05) is 29.3 Å². The van der Waals surface area contributed by atoms with E-state index in [0.717, 1.165) is 28.9 Å². The maximum Gasteiger partial charge on any atom is 0.288 e. The van der Waals surface area contributed by atoms with Gasteiger partial charge < -0.3 is 10.6 Å². The largest absolute Gasteiger partial charge is 0.378 e. The Morgan fingerprint density at radius 2 is 2.07 bits per heavy atom. The lowest BCUT2D eigenvalue weighted by atomic mass is 9.77. The summed E-state index contributed by atoms with van der Waals surface area (Å²) in [7, 11) is 0. The number of anilines is 2. The summed E-state index contributed by atoms with van der Waals surface area (Å²) in [4.78, 5) is 22.9. The number of nitro benzene ring substituents is 1. The van der Waals surface area contributed by atoms with Crippen molar-refractivity contribution in [3.63, 3.8) is 0 Å². The molecule has 0 saturated heterocycles. The number of allylic oxidation sites excluding steroid dienone is 2. The summed E-state index contributed by atoms with van der Waals surface area (Å²) in [5, 5.41) is 18.0. The molecule has 0 fully saturated rings. The normalized spacial score (nSPS) is 22.0. The van der Waals surface area contributed by atoms with Gasteiger partial charge in [0.2, 0.25) is 5.91 Å². The summed E-state index contributed by atoms with van der Waals surface area (Å²) < 4.78 is 0. The molecule has 4 rings (SSSR count). The van der Waals surface area contributed by atoms with Crippen LogP contribution in [0.3, 0.4) is 0 Å². The number of carbonyl (C=O) groups is 1. The van der Waals surface area contributed by atoms with E-state index in [1.54, 1.807) is 12.1 Å². The average molecular weight is 412 g/mol. The van der Waals surface area contributed by atoms with Crippen LogP contribution in [0.5, 0.6) is 0 Å². The Kier molecular flexibility index (Phi) is 5.04. The van der Waals surface area contributed by atoms with Crippen molar-refractivity contribution in [2.45, 2.75) is 32.2 Å². The maximum absolute atomic E-state index is 12.1. The molecule has 0 aromatic heterocycles. The number of nitrogens with one attached hydrogen (secondary N) is 2. The second-order valence-corrected chi connectivity index (χ2v) is 8.30. The first-order chi connectivity index (χ1) is 13.8. The third-order valence-corrected chi connectivity index (χ3v) is 6.00. The smallest absolute Gasteiger partial charge is 0.288 e. The Hall–Kier alpha value is -2.86. The Morgan fingerprint density at radius 1 is 1.28 bits per heavy atom. The lowest BCUT2D eigenvalue weighted by Crippen LogP contribution is -2.29. The number of hydrogen-bond acceptors (Lipinski definition) is 4. The Balaban J connectivity index is 1.69. The molecule has 0 saturated carbocycles. The van der Waals surface area contributed by atoms with Crippen LogP contribution >= 0.6 is 11.6 Å². The van der Waals surface area contributed by atoms with Crippen LogP contribution in [0.15, 0.2) is 48.6 Å². The molecule has 7 heteroatoms. The molecule has 0 bridgehead atoms. The van der Waals surface area contributed by atoms with E-state index in [4.69, 9.17) is 11.6 Å². The number of carbonyl (C=O) groups excluding carboxylic acids is 1. The second-order valence-electron chi connectivity index (χ2n) is 7.89. The van der Waals surface area contributed by atoms with Crippen molar-refractivity contribution in [3.8, 4) is 0 Å². The van der Waals surface area contributed by atoms with Crippen LogP contribution < -0.4 is 10.6 Å². The molecule has 3 unspecified atom stereocenters. The predicted octanol–water partition coefficient (Wildman–Crippen LogP) is 5.67. The average Bonchev–Trinajstić information content (AvgIpc) is 3.18. The fourth-order valence-electron chi connectivity index (χ4n) is 4.15. The number of nitro groups is 1. The SMILES string of the molecule is CC(C)C(=O)Nc1ccc2c(c1)C1C=CCC1C(c1ccc(Cl)c([N+](=O)[O-])c1)N2. The van der Waals surface area contributed by atoms with Crippen molar-refractivity contribution in [2.75, 3.05) is 10.6 Å². The van der Waals surface area contributed by atoms with Gasteiger partial charge in [-0.1, -0.05) is 43.7 Å². The van der Waals surface area contributed by atoms with E-state index in [0.29, 0.717) is 0 Å². The van der Waals surface area contributed by atoms with Gasteiger partial charge in [-0.3, -0.25) is 14.9 Å². The number of hydrogen-bond donors (Lipinski definition) is 2. The van der Waals surface area contributed by atoms with Crippen molar-refractivity contribution in [2.24, 2.45) is 11.8 Å². The molecule has 0 radical (unpaired) electrons. The summed E-state index contributed by atoms with van der Waals surface area (Å²) >= 11 is 5.99. The first-order valence-corrected chi connectivity index (χ1v) is 10.0. The Bertz CT molecular complexity index is 1020. The predicted molar refractivity (Wildman–Crippen MR) is 114 cm³/mol. The molecular formula is C22H22ClN3O3. The second kappa shape index (κ2) is 7.52. The molecule has 0 spiro atoms. The van der Waals surface area contributed by atoms with Gasteiger partial charge in [-0.25, -0.2) is 0 Å². The molecule has 29 heavy (non-hydrogen) atoms. The van der Waals surface area contributed by atoms with Gasteiger partial charge in [0.05, 0.1) is 11.0 Å². The van der Waals surface area contributed by atoms with Crippen LogP contribution in [0.1, 0.15) is 43.4 Å². The van der Waals surface area contributed by atoms with E-state index in [1.807, 2.05) is 38.1 Å². The number of fused-ring (bicyclic) bond motifs is 3. The molecule has 1 aliphatic carbocycles. The summed E-state index contributed by atoms with van der Waals surface area (Å²) in [6.07, 6.45) is 5.22. The Morgan fingerprint density at radius 3 is 2.79 bits per heavy atom. The highest BCUT2D eigenvalue weighted by Gasteiger charge is 2.38. The van der Waals surface area contributed by atoms with Crippen LogP contribution in [0, 0.1) is 22.0 Å². The zero-order valence-electron chi connectivity index (χ0n) is 16.2. The Labute approximate surface area is 174 Å². The minimum atomic E-state index is -0.448. The van der Waals surface area contributed by atoms with Gasteiger partial charge in [-0.15, -0.1) is 0 Å². The van der Waals surface area contributed by atoms with E-state index in [9.17, 15) is 14.9 Å².